The second kappa shape index (κ2) is 5.08. The first kappa shape index (κ1) is 14.7. The quantitative estimate of drug-likeness (QED) is 0.245. The van der Waals surface area contributed by atoms with Gasteiger partial charge in [0.25, 0.3) is 0 Å². The Balaban J connectivity index is 1.61. The highest BCUT2D eigenvalue weighted by molar-refractivity contribution is 14.1. The van der Waals surface area contributed by atoms with Crippen LogP contribution in [0.4, 0.5) is 5.82 Å². The van der Waals surface area contributed by atoms with Crippen LogP contribution in [0, 0.1) is 12.3 Å². The van der Waals surface area contributed by atoms with Gasteiger partial charge in [-0.25, -0.2) is 4.98 Å². The van der Waals surface area contributed by atoms with E-state index in [9.17, 15) is 0 Å². The van der Waals surface area contributed by atoms with Crippen LogP contribution in [0.3, 0.4) is 0 Å². The van der Waals surface area contributed by atoms with Gasteiger partial charge >= 0.3 is 0 Å². The number of quaternary nitrogens is 1. The number of fused-ring (bicyclic) bond motifs is 2. The predicted molar refractivity (Wildman–Crippen MR) is 94.9 cm³/mol. The van der Waals surface area contributed by atoms with Gasteiger partial charge in [0.05, 0.1) is 20.1 Å². The van der Waals surface area contributed by atoms with Gasteiger partial charge in [-0.1, -0.05) is 5.92 Å². The number of hydrogen-bond acceptors (Lipinski definition) is 3. The van der Waals surface area contributed by atoms with Crippen LogP contribution in [-0.4, -0.2) is 58.4 Å². The molecule has 0 aromatic carbocycles. The van der Waals surface area contributed by atoms with Crippen LogP contribution < -0.4 is 4.90 Å². The second-order valence-electron chi connectivity index (χ2n) is 6.88. The monoisotopic (exact) mass is 410 g/mol. The normalized spacial score (nSPS) is 37.7. The smallest absolute Gasteiger partial charge is 0.167 e. The average Bonchev–Trinajstić information content (AvgIpc) is 2.63. The molecule has 1 aromatic heterocycles. The summed E-state index contributed by atoms with van der Waals surface area (Å²) >= 11 is 2.72. The molecule has 3 fully saturated rings. The Hall–Kier alpha value is -0.840. The topological polar surface area (TPSA) is 25.4 Å². The zero-order chi connectivity index (χ0) is 15.4. The van der Waals surface area contributed by atoms with Crippen LogP contribution in [0.5, 0.6) is 0 Å². The Labute approximate surface area is 145 Å². The minimum Gasteiger partial charge on any atom is -0.369 e. The molecule has 116 valence electrons. The SMILES string of the molecule is C#Cc1ccc(N2CC3CCC(I)(C2)[N+]3(C)C2COC2)nc1. The molecule has 0 N–H and O–H groups in total. The molecule has 4 heterocycles. The summed E-state index contributed by atoms with van der Waals surface area (Å²) in [6.07, 6.45) is 9.81. The fourth-order valence-electron chi connectivity index (χ4n) is 4.32. The summed E-state index contributed by atoms with van der Waals surface area (Å²) in [5.41, 5.74) is 0.847. The summed E-state index contributed by atoms with van der Waals surface area (Å²) < 4.78 is 6.93. The van der Waals surface area contributed by atoms with Gasteiger partial charge in [0.1, 0.15) is 31.1 Å². The number of rotatable bonds is 2. The van der Waals surface area contributed by atoms with Crippen molar-refractivity contribution in [3.8, 4) is 12.3 Å². The highest BCUT2D eigenvalue weighted by Gasteiger charge is 2.64. The van der Waals surface area contributed by atoms with Crippen molar-refractivity contribution < 1.29 is 9.22 Å². The molecule has 0 aliphatic carbocycles. The lowest BCUT2D eigenvalue weighted by Crippen LogP contribution is -2.76. The molecule has 0 spiro atoms. The van der Waals surface area contributed by atoms with Gasteiger partial charge in [-0.05, 0) is 34.7 Å². The number of piperazine rings is 1. The van der Waals surface area contributed by atoms with E-state index in [0.29, 0.717) is 12.1 Å². The third-order valence-corrected chi connectivity index (χ3v) is 7.88. The van der Waals surface area contributed by atoms with Crippen LogP contribution in [0.2, 0.25) is 0 Å². The maximum absolute atomic E-state index is 5.50. The maximum atomic E-state index is 5.50. The van der Waals surface area contributed by atoms with Crippen molar-refractivity contribution in [2.75, 3.05) is 38.3 Å². The van der Waals surface area contributed by atoms with E-state index in [1.807, 2.05) is 6.07 Å². The molecule has 3 saturated heterocycles. The lowest BCUT2D eigenvalue weighted by Gasteiger charge is -2.58. The van der Waals surface area contributed by atoms with Crippen molar-refractivity contribution in [3.63, 3.8) is 0 Å². The van der Waals surface area contributed by atoms with Crippen molar-refractivity contribution in [3.05, 3.63) is 23.9 Å². The number of nitrogens with zero attached hydrogens (tertiary/aromatic N) is 3. The highest BCUT2D eigenvalue weighted by Crippen LogP contribution is 2.52. The van der Waals surface area contributed by atoms with Gasteiger partial charge in [0.15, 0.2) is 3.55 Å². The zero-order valence-corrected chi connectivity index (χ0v) is 15.0. The highest BCUT2D eigenvalue weighted by atomic mass is 127. The minimum atomic E-state index is 0.265. The van der Waals surface area contributed by atoms with E-state index in [2.05, 4.69) is 51.5 Å². The molecule has 3 unspecified atom stereocenters. The number of alkyl halides is 1. The van der Waals surface area contributed by atoms with Crippen molar-refractivity contribution in [1.82, 2.24) is 4.98 Å². The van der Waals surface area contributed by atoms with E-state index in [0.717, 1.165) is 37.7 Å². The van der Waals surface area contributed by atoms with Gasteiger partial charge in [-0.3, -0.25) is 0 Å². The van der Waals surface area contributed by atoms with Crippen molar-refractivity contribution in [1.29, 1.82) is 0 Å². The summed E-state index contributed by atoms with van der Waals surface area (Å²) in [5, 5.41) is 0. The molecule has 22 heavy (non-hydrogen) atoms. The van der Waals surface area contributed by atoms with Gasteiger partial charge in [-0.15, -0.1) is 6.42 Å². The van der Waals surface area contributed by atoms with Gasteiger partial charge in [0.2, 0.25) is 0 Å². The van der Waals surface area contributed by atoms with E-state index >= 15 is 0 Å². The van der Waals surface area contributed by atoms with Crippen molar-refractivity contribution in [2.24, 2.45) is 0 Å². The van der Waals surface area contributed by atoms with Gasteiger partial charge in [0, 0.05) is 24.6 Å². The maximum Gasteiger partial charge on any atom is 0.167 e. The number of terminal acetylenes is 1. The van der Waals surface area contributed by atoms with Crippen molar-refractivity contribution in [2.45, 2.75) is 28.5 Å². The largest absolute Gasteiger partial charge is 0.369 e. The number of ether oxygens (including phenoxy) is 1. The molecule has 0 saturated carbocycles. The van der Waals surface area contributed by atoms with E-state index < -0.39 is 0 Å². The molecule has 3 aliphatic rings. The number of halogens is 1. The number of hydrogen-bond donors (Lipinski definition) is 0. The Kier molecular flexibility index (Phi) is 3.40. The third kappa shape index (κ3) is 1.93. The first-order valence-corrected chi connectivity index (χ1v) is 8.95. The second-order valence-corrected chi connectivity index (χ2v) is 8.89. The van der Waals surface area contributed by atoms with Crippen LogP contribution in [0.1, 0.15) is 18.4 Å². The zero-order valence-electron chi connectivity index (χ0n) is 12.8. The number of aromatic nitrogens is 1. The molecule has 3 atom stereocenters. The summed E-state index contributed by atoms with van der Waals surface area (Å²) in [7, 11) is 2.45. The molecule has 5 heteroatoms. The molecule has 4 nitrogen and oxygen atoms in total. The Morgan fingerprint density at radius 1 is 1.45 bits per heavy atom. The summed E-state index contributed by atoms with van der Waals surface area (Å²) in [5.74, 6) is 3.70. The van der Waals surface area contributed by atoms with E-state index in [4.69, 9.17) is 11.2 Å². The number of likely N-dealkylation sites (N-methyl/N-ethyl adjacent to an activating group) is 1. The van der Waals surface area contributed by atoms with Crippen LogP contribution in [-0.2, 0) is 4.74 Å². The third-order valence-electron chi connectivity index (χ3n) is 5.96. The van der Waals surface area contributed by atoms with Gasteiger partial charge in [-0.2, -0.15) is 0 Å². The molecule has 2 bridgehead atoms. The molecular weight excluding hydrogens is 389 g/mol. The Morgan fingerprint density at radius 3 is 2.82 bits per heavy atom. The fourth-order valence-corrected chi connectivity index (χ4v) is 5.83. The number of pyridine rings is 1. The lowest BCUT2D eigenvalue weighted by atomic mass is 10.0. The molecule has 1 aromatic rings. The standard InChI is InChI=1S/C17H21IN3O/c1-3-13-4-5-16(19-8-13)20-9-14-6-7-17(18,12-20)21(14,2)15-10-22-11-15/h1,4-5,8,14-15H,6-7,9-12H2,2H3/q+1. The Morgan fingerprint density at radius 2 is 2.27 bits per heavy atom. The van der Waals surface area contributed by atoms with Crippen LogP contribution >= 0.6 is 22.6 Å². The first-order chi connectivity index (χ1) is 10.6. The molecule has 3 aliphatic heterocycles. The molecule has 0 radical (unpaired) electrons. The van der Waals surface area contributed by atoms with E-state index in [-0.39, 0.29) is 3.55 Å². The molecule has 4 rings (SSSR count). The van der Waals surface area contributed by atoms with E-state index in [1.165, 1.54) is 17.3 Å². The summed E-state index contributed by atoms with van der Waals surface area (Å²) in [6, 6.07) is 5.40. The molecule has 0 amide bonds. The minimum absolute atomic E-state index is 0.265. The Bertz CT molecular complexity index is 624. The summed E-state index contributed by atoms with van der Waals surface area (Å²) in [6.45, 7) is 3.99. The summed E-state index contributed by atoms with van der Waals surface area (Å²) in [4.78, 5) is 7.02. The average molecular weight is 410 g/mol. The van der Waals surface area contributed by atoms with Crippen LogP contribution in [0.15, 0.2) is 18.3 Å². The number of anilines is 1. The fraction of sp³-hybridized carbons (Fsp3) is 0.588. The predicted octanol–water partition coefficient (Wildman–Crippen LogP) is 2.02. The first-order valence-electron chi connectivity index (χ1n) is 7.87. The molecular formula is C17H21IN3O+. The lowest BCUT2D eigenvalue weighted by molar-refractivity contribution is -0.978. The van der Waals surface area contributed by atoms with Crippen LogP contribution in [0.25, 0.3) is 0 Å². The van der Waals surface area contributed by atoms with Crippen molar-refractivity contribution >= 4 is 28.4 Å². The van der Waals surface area contributed by atoms with E-state index in [1.54, 1.807) is 6.20 Å². The van der Waals surface area contributed by atoms with Gasteiger partial charge < -0.3 is 14.1 Å².